The summed E-state index contributed by atoms with van der Waals surface area (Å²) in [5.74, 6) is -0.461. The molecule has 2 atom stereocenters. The number of hydrogen-bond donors (Lipinski definition) is 4. The minimum absolute atomic E-state index is 0.0383. The first-order chi connectivity index (χ1) is 14.0. The van der Waals surface area contributed by atoms with Crippen LogP contribution in [-0.4, -0.2) is 35.2 Å². The molecule has 2 heterocycles. The summed E-state index contributed by atoms with van der Waals surface area (Å²) in [4.78, 5) is 12.9. The lowest BCUT2D eigenvalue weighted by atomic mass is 9.86. The molecule has 3 aromatic rings. The van der Waals surface area contributed by atoms with Crippen LogP contribution in [0.25, 0.3) is 11.3 Å². The molecule has 0 spiro atoms. The number of nitrogens with zero attached hydrogens (tertiary/aromatic N) is 1. The molecule has 1 aromatic heterocycles. The van der Waals surface area contributed by atoms with E-state index < -0.39 is 0 Å². The van der Waals surface area contributed by atoms with Gasteiger partial charge in [-0.2, -0.15) is 5.10 Å². The first kappa shape index (κ1) is 19.4. The van der Waals surface area contributed by atoms with E-state index >= 15 is 0 Å². The number of nitrogens with two attached hydrogens (primary N) is 1. The van der Waals surface area contributed by atoms with Gasteiger partial charge in [-0.25, -0.2) is 4.39 Å². The zero-order chi connectivity index (χ0) is 20.4. The Morgan fingerprint density at radius 3 is 2.86 bits per heavy atom. The SMILES string of the molecule is Nc1cc(C(=O)N[C@@H]2CNCC[C@H]2c2cccc(F)c2)ccc1-c1[nH]ncc1Cl. The number of carbonyl (C=O) groups excluding carboxylic acids is 1. The lowest BCUT2D eigenvalue weighted by Crippen LogP contribution is -2.50. The molecule has 150 valence electrons. The Morgan fingerprint density at radius 1 is 1.28 bits per heavy atom. The van der Waals surface area contributed by atoms with E-state index in [1.807, 2.05) is 6.07 Å². The number of hydrogen-bond acceptors (Lipinski definition) is 4. The lowest BCUT2D eigenvalue weighted by molar-refractivity contribution is 0.0924. The molecule has 0 unspecified atom stereocenters. The monoisotopic (exact) mass is 413 g/mol. The minimum atomic E-state index is -0.271. The summed E-state index contributed by atoms with van der Waals surface area (Å²) < 4.78 is 13.7. The number of aromatic amines is 1. The van der Waals surface area contributed by atoms with Gasteiger partial charge in [-0.05, 0) is 48.9 Å². The van der Waals surface area contributed by atoms with Crippen LogP contribution in [0.4, 0.5) is 10.1 Å². The number of aromatic nitrogens is 2. The first-order valence-corrected chi connectivity index (χ1v) is 9.76. The molecule has 0 radical (unpaired) electrons. The van der Waals surface area contributed by atoms with Crippen LogP contribution in [0.5, 0.6) is 0 Å². The first-order valence-electron chi connectivity index (χ1n) is 9.38. The number of piperidine rings is 1. The predicted octanol–water partition coefficient (Wildman–Crippen LogP) is 3.33. The second-order valence-corrected chi connectivity index (χ2v) is 7.54. The second-order valence-electron chi connectivity index (χ2n) is 7.13. The summed E-state index contributed by atoms with van der Waals surface area (Å²) in [6, 6.07) is 11.5. The molecule has 29 heavy (non-hydrogen) atoms. The van der Waals surface area contributed by atoms with E-state index in [1.165, 1.54) is 18.3 Å². The molecule has 8 heteroatoms. The van der Waals surface area contributed by atoms with E-state index in [-0.39, 0.29) is 23.7 Å². The van der Waals surface area contributed by atoms with E-state index in [2.05, 4.69) is 20.8 Å². The normalized spacial score (nSPS) is 19.1. The Kier molecular flexibility index (Phi) is 5.51. The molecule has 1 saturated heterocycles. The minimum Gasteiger partial charge on any atom is -0.398 e. The van der Waals surface area contributed by atoms with E-state index in [0.717, 1.165) is 18.5 Å². The van der Waals surface area contributed by atoms with E-state index in [4.69, 9.17) is 17.3 Å². The number of nitrogens with one attached hydrogen (secondary N) is 3. The number of H-pyrrole nitrogens is 1. The molecular weight excluding hydrogens is 393 g/mol. The van der Waals surface area contributed by atoms with Gasteiger partial charge in [-0.1, -0.05) is 23.7 Å². The van der Waals surface area contributed by atoms with Gasteiger partial charge >= 0.3 is 0 Å². The van der Waals surface area contributed by atoms with Gasteiger partial charge < -0.3 is 16.4 Å². The number of amides is 1. The molecule has 1 amide bonds. The quantitative estimate of drug-likeness (QED) is 0.493. The molecule has 0 saturated carbocycles. The Morgan fingerprint density at radius 2 is 2.14 bits per heavy atom. The van der Waals surface area contributed by atoms with Crippen LogP contribution < -0.4 is 16.4 Å². The average molecular weight is 414 g/mol. The van der Waals surface area contributed by atoms with Crippen molar-refractivity contribution in [2.75, 3.05) is 18.8 Å². The maximum Gasteiger partial charge on any atom is 0.251 e. The van der Waals surface area contributed by atoms with E-state index in [9.17, 15) is 9.18 Å². The number of benzene rings is 2. The van der Waals surface area contributed by atoms with Crippen LogP contribution >= 0.6 is 11.6 Å². The number of anilines is 1. The van der Waals surface area contributed by atoms with Crippen molar-refractivity contribution in [1.82, 2.24) is 20.8 Å². The summed E-state index contributed by atoms with van der Waals surface area (Å²) in [5.41, 5.74) is 9.20. The van der Waals surface area contributed by atoms with Crippen LogP contribution in [0.2, 0.25) is 5.02 Å². The molecule has 4 rings (SSSR count). The second kappa shape index (κ2) is 8.23. The molecule has 1 aliphatic rings. The Labute approximate surface area is 172 Å². The van der Waals surface area contributed by atoms with Crippen molar-refractivity contribution in [3.05, 3.63) is 70.6 Å². The van der Waals surface area contributed by atoms with Gasteiger partial charge in [-0.3, -0.25) is 9.89 Å². The lowest BCUT2D eigenvalue weighted by Gasteiger charge is -2.33. The highest BCUT2D eigenvalue weighted by atomic mass is 35.5. The third-order valence-electron chi connectivity index (χ3n) is 5.25. The molecular formula is C21H21ClFN5O. The van der Waals surface area contributed by atoms with E-state index in [0.29, 0.717) is 34.1 Å². The Balaban J connectivity index is 1.53. The number of carbonyl (C=O) groups is 1. The fraction of sp³-hybridized carbons (Fsp3) is 0.238. The van der Waals surface area contributed by atoms with Crippen LogP contribution in [0.1, 0.15) is 28.3 Å². The van der Waals surface area contributed by atoms with Crippen LogP contribution in [0.3, 0.4) is 0 Å². The molecule has 6 nitrogen and oxygen atoms in total. The number of nitrogen functional groups attached to an aromatic ring is 1. The van der Waals surface area contributed by atoms with Gasteiger partial charge in [0.25, 0.3) is 5.91 Å². The summed E-state index contributed by atoms with van der Waals surface area (Å²) in [6.45, 7) is 1.43. The Hall–Kier alpha value is -2.90. The van der Waals surface area contributed by atoms with Gasteiger partial charge in [0.15, 0.2) is 0 Å². The molecule has 1 aliphatic heterocycles. The number of halogens is 2. The highest BCUT2D eigenvalue weighted by Gasteiger charge is 2.28. The van der Waals surface area contributed by atoms with E-state index in [1.54, 1.807) is 24.3 Å². The maximum atomic E-state index is 13.7. The molecule has 5 N–H and O–H groups in total. The molecule has 1 fully saturated rings. The van der Waals surface area contributed by atoms with Crippen molar-refractivity contribution in [3.8, 4) is 11.3 Å². The van der Waals surface area contributed by atoms with Crippen molar-refractivity contribution >= 4 is 23.2 Å². The highest BCUT2D eigenvalue weighted by molar-refractivity contribution is 6.33. The third kappa shape index (κ3) is 4.11. The van der Waals surface area contributed by atoms with Crippen LogP contribution in [0.15, 0.2) is 48.7 Å². The van der Waals surface area contributed by atoms with Crippen molar-refractivity contribution in [1.29, 1.82) is 0 Å². The summed E-state index contributed by atoms with van der Waals surface area (Å²) in [5, 5.41) is 13.5. The zero-order valence-electron chi connectivity index (χ0n) is 15.6. The maximum absolute atomic E-state index is 13.7. The molecule has 2 aromatic carbocycles. The smallest absolute Gasteiger partial charge is 0.251 e. The third-order valence-corrected chi connectivity index (χ3v) is 5.54. The van der Waals surface area contributed by atoms with Crippen molar-refractivity contribution < 1.29 is 9.18 Å². The van der Waals surface area contributed by atoms with Gasteiger partial charge in [0.2, 0.25) is 0 Å². The van der Waals surface area contributed by atoms with Crippen LogP contribution in [0, 0.1) is 5.82 Å². The van der Waals surface area contributed by atoms with Crippen molar-refractivity contribution in [3.63, 3.8) is 0 Å². The van der Waals surface area contributed by atoms with Gasteiger partial charge in [0, 0.05) is 35.3 Å². The fourth-order valence-electron chi connectivity index (χ4n) is 3.79. The topological polar surface area (TPSA) is 95.8 Å². The molecule has 0 aliphatic carbocycles. The van der Waals surface area contributed by atoms with Gasteiger partial charge in [0.1, 0.15) is 5.82 Å². The van der Waals surface area contributed by atoms with Crippen LogP contribution in [-0.2, 0) is 0 Å². The zero-order valence-corrected chi connectivity index (χ0v) is 16.3. The largest absolute Gasteiger partial charge is 0.398 e. The standard InChI is InChI=1S/C21H21ClFN5O/c22-17-10-26-28-20(17)16-5-4-13(9-18(16)24)21(29)27-19-11-25-7-6-15(19)12-2-1-3-14(23)8-12/h1-5,8-10,15,19,25H,6-7,11,24H2,(H,26,28)(H,27,29)/t15-,19+/m0/s1. The summed E-state index contributed by atoms with van der Waals surface area (Å²) in [6.07, 6.45) is 2.31. The van der Waals surface area contributed by atoms with Crippen molar-refractivity contribution in [2.45, 2.75) is 18.4 Å². The van der Waals surface area contributed by atoms with Gasteiger partial charge in [-0.15, -0.1) is 0 Å². The van der Waals surface area contributed by atoms with Crippen molar-refractivity contribution in [2.24, 2.45) is 0 Å². The number of rotatable bonds is 4. The van der Waals surface area contributed by atoms with Gasteiger partial charge in [0.05, 0.1) is 16.9 Å². The fourth-order valence-corrected chi connectivity index (χ4v) is 3.98. The average Bonchev–Trinajstić information content (AvgIpc) is 3.14. The Bertz CT molecular complexity index is 1040. The molecule has 0 bridgehead atoms. The predicted molar refractivity (Wildman–Crippen MR) is 111 cm³/mol. The highest BCUT2D eigenvalue weighted by Crippen LogP contribution is 2.31. The summed E-state index contributed by atoms with van der Waals surface area (Å²) >= 11 is 6.10. The summed E-state index contributed by atoms with van der Waals surface area (Å²) in [7, 11) is 0.